The number of nitrogens with one attached hydrogen (secondary N) is 1. The molecule has 2 aliphatic heterocycles. The van der Waals surface area contributed by atoms with E-state index in [9.17, 15) is 93.9 Å². The molecular formula is C73H60N10O22S6. The van der Waals surface area contributed by atoms with Gasteiger partial charge in [-0.25, -0.2) is 40.7 Å². The topological polar surface area (TPSA) is 660 Å². The number of ether oxygens (including phenoxy) is 1. The summed E-state index contributed by atoms with van der Waals surface area (Å²) in [5.41, 5.74) is 34.9. The quantitative estimate of drug-likeness (QED) is 0.0475. The third kappa shape index (κ3) is 26.9. The van der Waals surface area contributed by atoms with Crippen molar-refractivity contribution in [1.82, 2.24) is 5.32 Å². The molecule has 32 nitrogen and oxygen atoms in total. The van der Waals surface area contributed by atoms with E-state index in [4.69, 9.17) is 20.2 Å². The number of primary sulfonamides is 3. The zero-order valence-electron chi connectivity index (χ0n) is 57.3. The van der Waals surface area contributed by atoms with Gasteiger partial charge in [0.2, 0.25) is 0 Å². The van der Waals surface area contributed by atoms with Gasteiger partial charge in [0.15, 0.2) is 6.10 Å². The molecule has 570 valence electrons. The zero-order valence-corrected chi connectivity index (χ0v) is 62.2. The minimum Gasteiger partial charge on any atom is -0.748 e. The lowest BCUT2D eigenvalue weighted by atomic mass is 9.89. The van der Waals surface area contributed by atoms with Crippen LogP contribution in [-0.4, -0.2) is 110 Å². The van der Waals surface area contributed by atoms with Gasteiger partial charge in [0.05, 0.1) is 65.9 Å². The van der Waals surface area contributed by atoms with Gasteiger partial charge in [0, 0.05) is 141 Å². The van der Waals surface area contributed by atoms with Crippen molar-refractivity contribution in [2.45, 2.75) is 53.6 Å². The largest absolute Gasteiger partial charge is 0.748 e. The molecule has 0 amide bonds. The highest BCUT2D eigenvalue weighted by Gasteiger charge is 2.35. The van der Waals surface area contributed by atoms with E-state index in [1.807, 2.05) is 15.8 Å². The van der Waals surface area contributed by atoms with E-state index in [0.29, 0.717) is 106 Å². The molecule has 1 aliphatic carbocycles. The van der Waals surface area contributed by atoms with Crippen LogP contribution in [0.2, 0.25) is 0 Å². The minimum atomic E-state index is -5.01. The van der Waals surface area contributed by atoms with Gasteiger partial charge in [-0.05, 0) is 131 Å². The van der Waals surface area contributed by atoms with Crippen LogP contribution in [0, 0.1) is 110 Å². The van der Waals surface area contributed by atoms with E-state index in [2.05, 4.69) is 129 Å². The molecule has 6 atom stereocenters. The predicted octanol–water partition coefficient (Wildman–Crippen LogP) is -7.60. The Bertz CT molecular complexity index is 5750. The van der Waals surface area contributed by atoms with Gasteiger partial charge in [-0.2, -0.15) is 25.3 Å². The van der Waals surface area contributed by atoms with Crippen molar-refractivity contribution in [2.75, 3.05) is 0 Å². The van der Waals surface area contributed by atoms with Crippen molar-refractivity contribution in [3.05, 3.63) is 178 Å². The highest BCUT2D eigenvalue weighted by atomic mass is 32.2. The molecule has 0 saturated carbocycles. The highest BCUT2D eigenvalue weighted by molar-refractivity contribution is 7.94. The molecule has 0 aromatic heterocycles. The number of benzene rings is 6. The molecule has 0 spiro atoms. The molecule has 9 rings (SSSR count). The third-order valence-corrected chi connectivity index (χ3v) is 20.1. The van der Waals surface area contributed by atoms with Crippen LogP contribution in [0.15, 0.2) is 144 Å². The van der Waals surface area contributed by atoms with E-state index in [-0.39, 0.29) is 24.0 Å². The molecule has 6 aromatic carbocycles. The van der Waals surface area contributed by atoms with Crippen LogP contribution in [0.1, 0.15) is 59.1 Å². The van der Waals surface area contributed by atoms with E-state index in [1.54, 1.807) is 109 Å². The number of hydrogen-bond acceptors (Lipinski definition) is 23. The Balaban J connectivity index is 0.000000231. The molecule has 25 N–H and O–H groups in total. The van der Waals surface area contributed by atoms with Crippen LogP contribution in [0.25, 0.3) is 33.4 Å². The summed E-state index contributed by atoms with van der Waals surface area (Å²) in [5, 5.41) is 50.6. The number of carboxylic acid groups (broad SMARTS) is 3. The molecule has 6 aromatic rings. The van der Waals surface area contributed by atoms with Crippen LogP contribution < -0.4 is 70.5 Å². The van der Waals surface area contributed by atoms with E-state index in [1.165, 1.54) is 12.3 Å². The molecule has 111 heavy (non-hydrogen) atoms. The van der Waals surface area contributed by atoms with Crippen molar-refractivity contribution in [3.63, 3.8) is 0 Å². The standard InChI is InChI=1S/C25H21N3O7S2.C24H20N4O7S2.C24H19N3O8S2/c26-20-7-9-22(19-11-17(12-21(27)15-19)3-1-2-10-36(28,31)32)18(14-20)6-4-16-5-8-23(25(29)30)24(13-16)37(33,34)35;25-19-6-7-21(18-9-15(10-20(26)13-18)3-1-2-8-36(27,31)32)17(12-19)5-4-16-11-22(37(33,34)35)23(24(29)30)28-14-16;25-19-6-7-21(18-9-15(10-20(26)13-18)3-1-2-8-36(27,30)31)17(12-19)5-4-16-11-22(37(32,33)34)23(24(28)29)35-14-16/h5,7,9,11-12,14-15,23-24H,8,13,26-27H2,(H,29,30)(H2,28,31,32)(H,33,34,35);6-7,9-10,12-14,22-23,28H,11,25-26H2,(H,29,30)(H2,27,31,32)(H,33,34,35);6-7,9-10,12-14,22-23H,11,25-26H2,(H,28,29)(H2,27,30,31)(H,32,33,34)/t23-,24+;2*22-,23+/m011/s1. The van der Waals surface area contributed by atoms with Crippen LogP contribution in [0.5, 0.6) is 0 Å². The number of allylic oxidation sites excluding steroid dienone is 4. The van der Waals surface area contributed by atoms with Gasteiger partial charge < -0.3 is 87.8 Å². The predicted molar refractivity (Wildman–Crippen MR) is 388 cm³/mol. The number of nitrogens with two attached hydrogens (primary N) is 3. The Kier molecular flexibility index (Phi) is 28.2. The second-order valence-corrected chi connectivity index (χ2v) is 32.6. The van der Waals surface area contributed by atoms with Crippen molar-refractivity contribution in [3.8, 4) is 138 Å². The first-order valence-corrected chi connectivity index (χ1v) is 40.2. The maximum atomic E-state index is 11.6. The lowest BCUT2D eigenvalue weighted by Gasteiger charge is -2.33. The molecular weight excluding hydrogens is 1560 g/mol. The first kappa shape index (κ1) is 86.1. The first-order chi connectivity index (χ1) is 51.7. The van der Waals surface area contributed by atoms with Crippen molar-refractivity contribution < 1.29 is 133 Å². The molecule has 0 radical (unpaired) electrons. The summed E-state index contributed by atoms with van der Waals surface area (Å²) in [6.45, 7) is 0. The third-order valence-electron chi connectivity index (χ3n) is 15.4. The van der Waals surface area contributed by atoms with E-state index in [0.717, 1.165) is 6.26 Å². The fourth-order valence-corrected chi connectivity index (χ4v) is 13.9. The van der Waals surface area contributed by atoms with Gasteiger partial charge >= 0.3 is 0 Å². The summed E-state index contributed by atoms with van der Waals surface area (Å²) in [6.07, 6.45) is 0.454. The van der Waals surface area contributed by atoms with Crippen LogP contribution >= 0.6 is 0 Å². The second-order valence-electron chi connectivity index (χ2n) is 24.0. The van der Waals surface area contributed by atoms with Gasteiger partial charge in [-0.15, -0.1) is 0 Å². The van der Waals surface area contributed by atoms with Gasteiger partial charge in [0.25, 0.3) is 30.1 Å². The molecule has 0 bridgehead atoms. The summed E-state index contributed by atoms with van der Waals surface area (Å²) < 4.78 is 175. The normalized spacial score (nSPS) is 17.0. The van der Waals surface area contributed by atoms with E-state index >= 15 is 0 Å². The van der Waals surface area contributed by atoms with E-state index < -0.39 is 125 Å². The fraction of sp³-hybridized carbons (Fsp3) is 0.137. The smallest absolute Gasteiger partial charge is 0.278 e. The number of carboxylic acids is 3. The lowest BCUT2D eigenvalue weighted by Crippen LogP contribution is -2.55. The monoisotopic (exact) mass is 1620 g/mol. The summed E-state index contributed by atoms with van der Waals surface area (Å²) in [4.78, 5) is 33.6. The Morgan fingerprint density at radius 2 is 0.748 bits per heavy atom. The number of aliphatic carboxylic acids is 3. The summed E-state index contributed by atoms with van der Waals surface area (Å²) in [6, 6.07) is 29.5. The Morgan fingerprint density at radius 1 is 0.396 bits per heavy atom. The molecule has 0 saturated heterocycles. The average molecular weight is 1620 g/mol. The average Bonchev–Trinajstić information content (AvgIpc) is 0.820. The molecule has 0 unspecified atom stereocenters. The number of quaternary nitrogens is 6. The number of rotatable bonds is 9. The zero-order chi connectivity index (χ0) is 82.1. The lowest BCUT2D eigenvalue weighted by molar-refractivity contribution is -0.315. The Hall–Kier alpha value is -12.2. The Labute approximate surface area is 637 Å². The van der Waals surface area contributed by atoms with Crippen LogP contribution in [0.3, 0.4) is 0 Å². The SMILES string of the molecule is NS(=O)(=O)C#CC#Cc1cc([NH3+])cc(-c2ccc([NH3+])cc2C#CC2=CC[C@H](C(=O)[O-])[C@H](S(=O)(=O)[O-])C2)c1.NS(=O)(=O)C#CC#Cc1cc([NH3+])cc(-c2ccc([NH3+])cc2C#CC2=CN[C@H](C(=O)[O-])[C@H](S(=O)(=O)[O-])C2)c1.NS(=O)(=O)C#CC#Cc1cc([NH3+])cc(-c2ccc([NH3+])cc2C#CC2=CO[C@H](C(=O)[O-])[C@H](S(=O)(=O)[O-])C2)c1. The Morgan fingerprint density at radius 3 is 1.09 bits per heavy atom. The summed E-state index contributed by atoms with van der Waals surface area (Å²) in [5.74, 6) is 32.5. The number of carbonyl (C=O) groups is 3. The maximum Gasteiger partial charge on any atom is 0.278 e. The van der Waals surface area contributed by atoms with Gasteiger partial charge in [-0.3, -0.25) is 0 Å². The van der Waals surface area contributed by atoms with Crippen LogP contribution in [0.4, 0.5) is 34.1 Å². The summed E-state index contributed by atoms with van der Waals surface area (Å²) >= 11 is 0. The second kappa shape index (κ2) is 36.3. The highest BCUT2D eigenvalue weighted by Crippen LogP contribution is 2.33. The minimum absolute atomic E-state index is 0.105. The number of carbonyl (C=O) groups excluding carboxylic acids is 3. The van der Waals surface area contributed by atoms with Gasteiger partial charge in [0.1, 0.15) is 54.4 Å². The van der Waals surface area contributed by atoms with Crippen LogP contribution in [-0.2, 0) is 79.5 Å². The first-order valence-electron chi connectivity index (χ1n) is 31.2. The summed E-state index contributed by atoms with van der Waals surface area (Å²) in [7, 11) is -26.7. The molecule has 2 heterocycles. The molecule has 3 aliphatic rings. The van der Waals surface area contributed by atoms with Crippen molar-refractivity contribution in [2.24, 2.45) is 21.3 Å². The maximum absolute atomic E-state index is 11.6. The van der Waals surface area contributed by atoms with Crippen molar-refractivity contribution in [1.29, 1.82) is 0 Å². The number of hydrogen-bond donors (Lipinski definition) is 10. The number of sulfonamides is 3. The van der Waals surface area contributed by atoms with Gasteiger partial charge in [-0.1, -0.05) is 59.4 Å². The fourth-order valence-electron chi connectivity index (χ4n) is 10.6. The van der Waals surface area contributed by atoms with Crippen molar-refractivity contribution >= 4 is 112 Å². The molecule has 0 fully saturated rings. The molecule has 38 heteroatoms.